The van der Waals surface area contributed by atoms with Gasteiger partial charge in [-0.1, -0.05) is 0 Å². The summed E-state index contributed by atoms with van der Waals surface area (Å²) in [5.74, 6) is -0.0181. The van der Waals surface area contributed by atoms with E-state index in [-0.39, 0.29) is 11.6 Å². The first-order valence-corrected chi connectivity index (χ1v) is 5.88. The van der Waals surface area contributed by atoms with Crippen LogP contribution in [-0.4, -0.2) is 24.4 Å². The normalized spacial score (nSPS) is 25.8. The largest absolute Gasteiger partial charge is 0.313 e. The second kappa shape index (κ2) is 3.52. The third kappa shape index (κ3) is 1.23. The number of carbonyl (C=O) groups is 1. The lowest BCUT2D eigenvalue weighted by atomic mass is 9.89. The molecule has 1 aromatic rings. The zero-order valence-electron chi connectivity index (χ0n) is 9.97. The predicted octanol–water partition coefficient (Wildman–Crippen LogP) is 1.15. The number of nitro benzene ring substituents is 1. The van der Waals surface area contributed by atoms with Crippen molar-refractivity contribution in [1.82, 2.24) is 5.32 Å². The number of hydrogen-bond donors (Lipinski definition) is 1. The van der Waals surface area contributed by atoms with E-state index in [1.807, 2.05) is 0 Å². The van der Waals surface area contributed by atoms with Crippen LogP contribution in [0.15, 0.2) is 18.2 Å². The van der Waals surface area contributed by atoms with Crippen molar-refractivity contribution in [2.75, 3.05) is 18.5 Å². The number of nitrogens with one attached hydrogen (secondary N) is 1. The van der Waals surface area contributed by atoms with Gasteiger partial charge < -0.3 is 4.90 Å². The van der Waals surface area contributed by atoms with E-state index in [0.717, 1.165) is 24.2 Å². The van der Waals surface area contributed by atoms with Crippen LogP contribution in [0.1, 0.15) is 18.4 Å². The maximum atomic E-state index is 12.4. The van der Waals surface area contributed by atoms with Crippen LogP contribution in [0.25, 0.3) is 0 Å². The first-order chi connectivity index (χ1) is 8.56. The Labute approximate surface area is 104 Å². The highest BCUT2D eigenvalue weighted by atomic mass is 16.6. The monoisotopic (exact) mass is 247 g/mol. The first kappa shape index (κ1) is 11.2. The number of nitrogens with zero attached hydrogens (tertiary/aromatic N) is 2. The van der Waals surface area contributed by atoms with Gasteiger partial charge in [-0.25, -0.2) is 0 Å². The molecule has 1 spiro atoms. The summed E-state index contributed by atoms with van der Waals surface area (Å²) >= 11 is 0. The van der Waals surface area contributed by atoms with Crippen LogP contribution < -0.4 is 10.2 Å². The summed E-state index contributed by atoms with van der Waals surface area (Å²) in [5.41, 5.74) is 0.794. The lowest BCUT2D eigenvalue weighted by molar-refractivity contribution is -0.384. The Morgan fingerprint density at radius 2 is 2.28 bits per heavy atom. The van der Waals surface area contributed by atoms with Crippen molar-refractivity contribution >= 4 is 17.3 Å². The molecule has 1 unspecified atom stereocenters. The number of rotatable bonds is 1. The molecular formula is C12H13N3O3. The Hall–Kier alpha value is -1.95. The Morgan fingerprint density at radius 1 is 1.50 bits per heavy atom. The van der Waals surface area contributed by atoms with Gasteiger partial charge in [0.2, 0.25) is 0 Å². The van der Waals surface area contributed by atoms with E-state index in [1.165, 1.54) is 12.1 Å². The summed E-state index contributed by atoms with van der Waals surface area (Å²) < 4.78 is 0. The number of non-ortho nitro benzene ring substituents is 1. The number of nitro groups is 1. The molecule has 2 heterocycles. The van der Waals surface area contributed by atoms with Crippen molar-refractivity contribution in [1.29, 1.82) is 0 Å². The maximum absolute atomic E-state index is 12.4. The van der Waals surface area contributed by atoms with E-state index in [9.17, 15) is 14.9 Å². The van der Waals surface area contributed by atoms with Crippen molar-refractivity contribution < 1.29 is 9.72 Å². The molecule has 3 rings (SSSR count). The van der Waals surface area contributed by atoms with Gasteiger partial charge in [-0.2, -0.15) is 0 Å². The highest BCUT2D eigenvalue weighted by Crippen LogP contribution is 2.45. The average Bonchev–Trinajstić information content (AvgIpc) is 2.92. The maximum Gasteiger partial charge on any atom is 0.269 e. The summed E-state index contributed by atoms with van der Waals surface area (Å²) in [4.78, 5) is 24.4. The number of amides is 1. The van der Waals surface area contributed by atoms with Crippen LogP contribution in [-0.2, 0) is 10.3 Å². The van der Waals surface area contributed by atoms with E-state index >= 15 is 0 Å². The van der Waals surface area contributed by atoms with Gasteiger partial charge in [0, 0.05) is 30.4 Å². The topological polar surface area (TPSA) is 75.5 Å². The number of anilines is 1. The lowest BCUT2D eigenvalue weighted by Crippen LogP contribution is -2.45. The highest BCUT2D eigenvalue weighted by molar-refractivity contribution is 6.07. The van der Waals surface area contributed by atoms with Crippen LogP contribution in [0, 0.1) is 10.1 Å². The van der Waals surface area contributed by atoms with Gasteiger partial charge >= 0.3 is 0 Å². The molecule has 6 nitrogen and oxygen atoms in total. The molecule has 0 bridgehead atoms. The Balaban J connectivity index is 2.20. The summed E-state index contributed by atoms with van der Waals surface area (Å²) in [5, 5.41) is 14.1. The summed E-state index contributed by atoms with van der Waals surface area (Å²) in [6.45, 7) is 0.766. The van der Waals surface area contributed by atoms with Gasteiger partial charge in [0.05, 0.1) is 4.92 Å². The average molecular weight is 247 g/mol. The fourth-order valence-electron chi connectivity index (χ4n) is 2.94. The van der Waals surface area contributed by atoms with Crippen molar-refractivity contribution in [3.8, 4) is 0 Å². The molecule has 0 radical (unpaired) electrons. The van der Waals surface area contributed by atoms with Crippen LogP contribution in [0.5, 0.6) is 0 Å². The molecule has 1 N–H and O–H groups in total. The molecular weight excluding hydrogens is 234 g/mol. The van der Waals surface area contributed by atoms with E-state index in [4.69, 9.17) is 0 Å². The molecule has 1 amide bonds. The van der Waals surface area contributed by atoms with Crippen molar-refractivity contribution in [3.05, 3.63) is 33.9 Å². The van der Waals surface area contributed by atoms with Gasteiger partial charge in [-0.15, -0.1) is 0 Å². The van der Waals surface area contributed by atoms with Crippen LogP contribution in [0.2, 0.25) is 0 Å². The second-order valence-corrected chi connectivity index (χ2v) is 4.76. The molecule has 6 heteroatoms. The first-order valence-electron chi connectivity index (χ1n) is 5.88. The van der Waals surface area contributed by atoms with Crippen molar-refractivity contribution in [3.63, 3.8) is 0 Å². The number of fused-ring (bicyclic) bond motifs is 2. The Bertz CT molecular complexity index is 549. The Kier molecular flexibility index (Phi) is 2.18. The fourth-order valence-corrected chi connectivity index (χ4v) is 2.94. The number of likely N-dealkylation sites (N-methyl/N-ethyl adjacent to an activating group) is 1. The molecule has 18 heavy (non-hydrogen) atoms. The second-order valence-electron chi connectivity index (χ2n) is 4.76. The number of benzene rings is 1. The molecule has 0 aliphatic carbocycles. The standard InChI is InChI=1S/C12H13N3O3/c1-14-10-4-3-8(15(17)18)7-9(10)12(11(14)16)5-2-6-13-12/h3-4,7,13H,2,5-6H2,1H3. The van der Waals surface area contributed by atoms with Crippen LogP contribution in [0.4, 0.5) is 11.4 Å². The lowest BCUT2D eigenvalue weighted by Gasteiger charge is -2.22. The molecule has 0 saturated carbocycles. The van der Waals surface area contributed by atoms with Gasteiger partial charge in [0.25, 0.3) is 11.6 Å². The molecule has 1 fully saturated rings. The minimum absolute atomic E-state index is 0.0181. The van der Waals surface area contributed by atoms with Gasteiger partial charge in [0.1, 0.15) is 5.54 Å². The molecule has 2 aliphatic rings. The minimum Gasteiger partial charge on any atom is -0.313 e. The van der Waals surface area contributed by atoms with Crippen LogP contribution >= 0.6 is 0 Å². The zero-order valence-corrected chi connectivity index (χ0v) is 9.97. The van der Waals surface area contributed by atoms with Gasteiger partial charge in [0.15, 0.2) is 0 Å². The third-order valence-electron chi connectivity index (χ3n) is 3.84. The Morgan fingerprint density at radius 3 is 2.89 bits per heavy atom. The molecule has 1 saturated heterocycles. The highest BCUT2D eigenvalue weighted by Gasteiger charge is 2.51. The quantitative estimate of drug-likeness (QED) is 0.596. The molecule has 1 aromatic carbocycles. The molecule has 0 aromatic heterocycles. The SMILES string of the molecule is CN1C(=O)C2(CCCN2)c2cc([N+](=O)[O-])ccc21. The summed E-state index contributed by atoms with van der Waals surface area (Å²) in [7, 11) is 1.71. The van der Waals surface area contributed by atoms with Gasteiger partial charge in [-0.05, 0) is 25.5 Å². The molecule has 1 atom stereocenters. The number of hydrogen-bond acceptors (Lipinski definition) is 4. The third-order valence-corrected chi connectivity index (χ3v) is 3.84. The van der Waals surface area contributed by atoms with Crippen molar-refractivity contribution in [2.24, 2.45) is 0 Å². The smallest absolute Gasteiger partial charge is 0.269 e. The van der Waals surface area contributed by atoms with Gasteiger partial charge in [-0.3, -0.25) is 20.2 Å². The molecule has 94 valence electrons. The summed E-state index contributed by atoms with van der Waals surface area (Å²) in [6, 6.07) is 4.62. The molecule has 2 aliphatic heterocycles. The van der Waals surface area contributed by atoms with Crippen LogP contribution in [0.3, 0.4) is 0 Å². The summed E-state index contributed by atoms with van der Waals surface area (Å²) in [6.07, 6.45) is 1.60. The minimum atomic E-state index is -0.740. The van der Waals surface area contributed by atoms with E-state index in [0.29, 0.717) is 6.42 Å². The zero-order chi connectivity index (χ0) is 12.9. The van der Waals surface area contributed by atoms with E-state index < -0.39 is 10.5 Å². The van der Waals surface area contributed by atoms with E-state index in [2.05, 4.69) is 5.32 Å². The van der Waals surface area contributed by atoms with Crippen molar-refractivity contribution in [2.45, 2.75) is 18.4 Å². The predicted molar refractivity (Wildman–Crippen MR) is 65.4 cm³/mol. The van der Waals surface area contributed by atoms with E-state index in [1.54, 1.807) is 18.0 Å². The number of carbonyl (C=O) groups excluding carboxylic acids is 1. The fraction of sp³-hybridized carbons (Fsp3) is 0.417.